The second-order valence-corrected chi connectivity index (χ2v) is 3.85. The first kappa shape index (κ1) is 11.2. The molecule has 6 heteroatoms. The van der Waals surface area contributed by atoms with E-state index in [2.05, 4.69) is 4.98 Å². The van der Waals surface area contributed by atoms with Gasteiger partial charge in [0.1, 0.15) is 5.69 Å². The fraction of sp³-hybridized carbons (Fsp3) is 0.500. The first-order valence-electron chi connectivity index (χ1n) is 4.99. The number of rotatable bonds is 1. The Hall–Kier alpha value is -1.33. The molecule has 88 valence electrons. The average molecular weight is 234 g/mol. The molecule has 0 aromatic carbocycles. The zero-order valence-electron chi connectivity index (χ0n) is 8.60. The maximum absolute atomic E-state index is 13.4. The van der Waals surface area contributed by atoms with E-state index >= 15 is 0 Å². The van der Waals surface area contributed by atoms with Crippen molar-refractivity contribution in [1.29, 1.82) is 0 Å². The van der Waals surface area contributed by atoms with E-state index in [4.69, 9.17) is 0 Å². The molecule has 1 atom stereocenters. The summed E-state index contributed by atoms with van der Waals surface area (Å²) in [5.41, 5.74) is -0.644. The van der Waals surface area contributed by atoms with Crippen LogP contribution < -0.4 is 4.90 Å². The Morgan fingerprint density at radius 3 is 2.12 bits per heavy atom. The molecule has 1 aliphatic heterocycles. The van der Waals surface area contributed by atoms with Gasteiger partial charge < -0.3 is 4.90 Å². The number of aromatic nitrogens is 1. The van der Waals surface area contributed by atoms with Crippen molar-refractivity contribution in [2.45, 2.75) is 25.8 Å². The highest BCUT2D eigenvalue weighted by atomic mass is 19.2. The summed E-state index contributed by atoms with van der Waals surface area (Å²) < 4.78 is 52.5. The monoisotopic (exact) mass is 234 g/mol. The number of nitrogens with zero attached hydrogens (tertiary/aromatic N) is 2. The van der Waals surface area contributed by atoms with E-state index in [1.54, 1.807) is 6.92 Å². The van der Waals surface area contributed by atoms with E-state index in [0.717, 1.165) is 12.8 Å². The topological polar surface area (TPSA) is 16.1 Å². The normalized spacial score (nSPS) is 20.6. The Balaban J connectivity index is 2.54. The van der Waals surface area contributed by atoms with Crippen molar-refractivity contribution in [1.82, 2.24) is 4.98 Å². The largest absolute Gasteiger partial charge is 0.364 e. The molecule has 0 bridgehead atoms. The van der Waals surface area contributed by atoms with Crippen LogP contribution in [-0.4, -0.2) is 17.6 Å². The summed E-state index contributed by atoms with van der Waals surface area (Å²) in [5, 5.41) is 0. The van der Waals surface area contributed by atoms with Gasteiger partial charge in [0.2, 0.25) is 11.6 Å². The van der Waals surface area contributed by atoms with Gasteiger partial charge in [-0.25, -0.2) is 0 Å². The van der Waals surface area contributed by atoms with Crippen LogP contribution in [0.15, 0.2) is 0 Å². The summed E-state index contributed by atoms with van der Waals surface area (Å²) in [7, 11) is 0. The van der Waals surface area contributed by atoms with Crippen molar-refractivity contribution < 1.29 is 17.6 Å². The van der Waals surface area contributed by atoms with E-state index in [9.17, 15) is 17.6 Å². The Kier molecular flexibility index (Phi) is 2.73. The van der Waals surface area contributed by atoms with Crippen LogP contribution in [0.25, 0.3) is 0 Å². The quantitative estimate of drug-likeness (QED) is 0.548. The van der Waals surface area contributed by atoms with Gasteiger partial charge in [0.05, 0.1) is 0 Å². The number of anilines is 1. The number of pyridine rings is 1. The minimum atomic E-state index is -1.60. The summed E-state index contributed by atoms with van der Waals surface area (Å²) in [4.78, 5) is 3.85. The molecule has 2 heterocycles. The second-order valence-electron chi connectivity index (χ2n) is 3.85. The van der Waals surface area contributed by atoms with Crippen LogP contribution in [0, 0.1) is 23.5 Å². The van der Waals surface area contributed by atoms with Crippen LogP contribution in [0.2, 0.25) is 0 Å². The van der Waals surface area contributed by atoms with Gasteiger partial charge >= 0.3 is 0 Å². The molecule has 0 aliphatic carbocycles. The van der Waals surface area contributed by atoms with Crippen molar-refractivity contribution in [2.24, 2.45) is 0 Å². The van der Waals surface area contributed by atoms with Gasteiger partial charge in [-0.05, 0) is 19.8 Å². The summed E-state index contributed by atoms with van der Waals surface area (Å²) in [6.07, 6.45) is 1.48. The first-order valence-corrected chi connectivity index (χ1v) is 4.99. The third-order valence-electron chi connectivity index (χ3n) is 2.81. The van der Waals surface area contributed by atoms with Crippen molar-refractivity contribution in [3.8, 4) is 0 Å². The summed E-state index contributed by atoms with van der Waals surface area (Å²) in [5.74, 6) is -6.05. The van der Waals surface area contributed by atoms with Gasteiger partial charge in [0.25, 0.3) is 11.9 Å². The van der Waals surface area contributed by atoms with Crippen LogP contribution in [0.1, 0.15) is 19.8 Å². The van der Waals surface area contributed by atoms with E-state index in [1.807, 2.05) is 0 Å². The first-order chi connectivity index (χ1) is 7.52. The average Bonchev–Trinajstić information content (AvgIpc) is 2.63. The van der Waals surface area contributed by atoms with E-state index < -0.39 is 29.2 Å². The molecular weight excluding hydrogens is 224 g/mol. The molecule has 1 aromatic rings. The molecule has 0 N–H and O–H groups in total. The Labute approximate surface area is 89.9 Å². The molecule has 1 saturated heterocycles. The molecule has 1 fully saturated rings. The van der Waals surface area contributed by atoms with Crippen molar-refractivity contribution in [3.63, 3.8) is 0 Å². The van der Waals surface area contributed by atoms with Gasteiger partial charge in [0.15, 0.2) is 0 Å². The lowest BCUT2D eigenvalue weighted by Crippen LogP contribution is -2.29. The third-order valence-corrected chi connectivity index (χ3v) is 2.81. The second kappa shape index (κ2) is 3.92. The minimum absolute atomic E-state index is 0.134. The highest BCUT2D eigenvalue weighted by Gasteiger charge is 2.30. The van der Waals surface area contributed by atoms with Crippen LogP contribution in [0.4, 0.5) is 23.2 Å². The summed E-state index contributed by atoms with van der Waals surface area (Å²) in [6.45, 7) is 2.14. The zero-order valence-corrected chi connectivity index (χ0v) is 8.60. The standard InChI is InChI=1S/C10H10F4N2/c1-5-3-2-4-16(5)8-6(11)9(13)15-10(14)7(8)12/h5H,2-4H2,1H3. The fourth-order valence-corrected chi connectivity index (χ4v) is 1.99. The summed E-state index contributed by atoms with van der Waals surface area (Å²) >= 11 is 0. The van der Waals surface area contributed by atoms with Crippen molar-refractivity contribution in [2.75, 3.05) is 11.4 Å². The maximum Gasteiger partial charge on any atom is 0.253 e. The molecular formula is C10H10F4N2. The predicted molar refractivity (Wildman–Crippen MR) is 50.1 cm³/mol. The van der Waals surface area contributed by atoms with Crippen LogP contribution in [0.3, 0.4) is 0 Å². The van der Waals surface area contributed by atoms with Gasteiger partial charge in [0, 0.05) is 12.6 Å². The molecule has 0 spiro atoms. The lowest BCUT2D eigenvalue weighted by atomic mass is 10.2. The predicted octanol–water partition coefficient (Wildman–Crippen LogP) is 2.63. The maximum atomic E-state index is 13.4. The Morgan fingerprint density at radius 2 is 1.69 bits per heavy atom. The van der Waals surface area contributed by atoms with Gasteiger partial charge in [-0.3, -0.25) is 0 Å². The SMILES string of the molecule is CC1CCCN1c1c(F)c(F)nc(F)c1F. The lowest BCUT2D eigenvalue weighted by Gasteiger charge is -2.24. The molecule has 0 radical (unpaired) electrons. The Bertz CT molecular complexity index is 396. The zero-order chi connectivity index (χ0) is 11.9. The van der Waals surface area contributed by atoms with E-state index in [0.29, 0.717) is 6.54 Å². The molecule has 1 aromatic heterocycles. The van der Waals surface area contributed by atoms with Gasteiger partial charge in [-0.2, -0.15) is 22.5 Å². The van der Waals surface area contributed by atoms with Crippen LogP contribution in [0.5, 0.6) is 0 Å². The van der Waals surface area contributed by atoms with E-state index in [1.165, 1.54) is 4.90 Å². The van der Waals surface area contributed by atoms with Crippen molar-refractivity contribution >= 4 is 5.69 Å². The fourth-order valence-electron chi connectivity index (χ4n) is 1.99. The van der Waals surface area contributed by atoms with Gasteiger partial charge in [-0.15, -0.1) is 0 Å². The number of hydrogen-bond acceptors (Lipinski definition) is 2. The molecule has 1 aliphatic rings. The van der Waals surface area contributed by atoms with Crippen molar-refractivity contribution in [3.05, 3.63) is 23.5 Å². The summed E-state index contributed by atoms with van der Waals surface area (Å²) in [6, 6.07) is -0.134. The molecule has 2 nitrogen and oxygen atoms in total. The Morgan fingerprint density at radius 1 is 1.12 bits per heavy atom. The lowest BCUT2D eigenvalue weighted by molar-refractivity contribution is 0.405. The number of hydrogen-bond donors (Lipinski definition) is 0. The molecule has 0 amide bonds. The highest BCUT2D eigenvalue weighted by Crippen LogP contribution is 2.31. The molecule has 0 saturated carbocycles. The minimum Gasteiger partial charge on any atom is -0.364 e. The number of halogens is 4. The smallest absolute Gasteiger partial charge is 0.253 e. The van der Waals surface area contributed by atoms with Crippen LogP contribution in [-0.2, 0) is 0 Å². The molecule has 1 unspecified atom stereocenters. The van der Waals surface area contributed by atoms with E-state index in [-0.39, 0.29) is 6.04 Å². The van der Waals surface area contributed by atoms with Gasteiger partial charge in [-0.1, -0.05) is 0 Å². The highest BCUT2D eigenvalue weighted by molar-refractivity contribution is 5.50. The third kappa shape index (κ3) is 1.62. The molecule has 2 rings (SSSR count). The van der Waals surface area contributed by atoms with Crippen LogP contribution >= 0.6 is 0 Å². The molecule has 16 heavy (non-hydrogen) atoms.